The second kappa shape index (κ2) is 52.9. The third kappa shape index (κ3) is 35.0. The molecule has 134 heavy (non-hydrogen) atoms. The van der Waals surface area contributed by atoms with Crippen molar-refractivity contribution in [1.29, 1.82) is 0 Å². The molecule has 0 saturated carbocycles. The minimum Gasteiger partial charge on any atom is -0.443 e. The zero-order chi connectivity index (χ0) is 99.7. The lowest BCUT2D eigenvalue weighted by molar-refractivity contribution is 0.00578. The highest BCUT2D eigenvalue weighted by Gasteiger charge is 2.52. The van der Waals surface area contributed by atoms with Crippen LogP contribution in [-0.2, 0) is 23.5 Å². The van der Waals surface area contributed by atoms with Crippen LogP contribution in [0.15, 0.2) is 189 Å². The number of hydrogen-bond donors (Lipinski definition) is 4. The number of nitrogens with zero attached hydrogens (tertiary/aromatic N) is 10. The topological polar surface area (TPSA) is 302 Å². The number of aryl methyl sites for hydroxylation is 5. The van der Waals surface area contributed by atoms with E-state index in [1.807, 2.05) is 247 Å². The van der Waals surface area contributed by atoms with Gasteiger partial charge < -0.3 is 46.0 Å². The van der Waals surface area contributed by atoms with Gasteiger partial charge in [0.2, 0.25) is 0 Å². The monoisotopic (exact) mass is 2480 g/mol. The number of nitrogen functional groups attached to an aromatic ring is 3. The standard InChI is InChI=1S/C22H29BClNO4.C20H21ClN4O2.C17H16ClN5O.C16H17ClINO2.C16H14ClN3.C2H4I2.2C2H5I.C2H6.CH4/c1-14-9-10-16(24)12-17(14)18-11-15(13-25(18)19(26)27-20(2,3)4)23-28-21(5,6)22(7,8)29-23;1-12-5-6-14(21)8-15(12)17-7-13(16-9-18(22)24-11-23-16)10-25(17)19(26)27-20(2,3)4;1-10-3-4-12(18)6-13(10)15-5-11(8-23(15)17(24)20-2)14-7-16(19)22-9-21-14;1-10-5-6-11(17)7-13(10)14-8-12(18)9-19(14)15(20)21-16(2,3)4;1-10-2-5-13(17)7-14(10)11-3-4-12(6-11)15-8-16(18)20-9-19-15;1-2(3)4;2*1-2-3;1-2;/h9-13H,1-8H3;5-11H,1-4H3,(H2,22,23,24);3-9H,1-2H3,(H,20,24)(H2,19,21,22);5-9H,1-4H3;2,4-9H,3H2,1H3,(H2,18,19,20);2H,1H3;2*2H2,1H3;1-2H3;1H4. The molecule has 1 amide bonds. The van der Waals surface area contributed by atoms with E-state index in [-0.39, 0.29) is 19.6 Å². The fourth-order valence-corrected chi connectivity index (χ4v) is 14.1. The van der Waals surface area contributed by atoms with Gasteiger partial charge in [-0.3, -0.25) is 18.3 Å². The van der Waals surface area contributed by atoms with Crippen LogP contribution in [0, 0.1) is 38.2 Å². The van der Waals surface area contributed by atoms with Crippen LogP contribution in [-0.4, -0.2) is 125 Å². The number of allylic oxidation sites excluding steroid dienone is 4. The fraction of sp³-hybridized carbons (Fsp3) is 0.340. The van der Waals surface area contributed by atoms with Gasteiger partial charge in [0.15, 0.2) is 0 Å². The number of ether oxygens (including phenoxy) is 3. The maximum atomic E-state index is 13.0. The Morgan fingerprint density at radius 1 is 0.470 bits per heavy atom. The van der Waals surface area contributed by atoms with E-state index in [1.54, 1.807) is 50.0 Å². The number of carbonyl (C=O) groups excluding carboxylic acids is 4. The second-order valence-electron chi connectivity index (χ2n) is 33.9. The molecule has 0 bridgehead atoms. The van der Waals surface area contributed by atoms with Crippen molar-refractivity contribution in [2.45, 2.75) is 203 Å². The summed E-state index contributed by atoms with van der Waals surface area (Å²) < 4.78 is 39.2. The summed E-state index contributed by atoms with van der Waals surface area (Å²) in [5, 5.41) is 5.82. The Morgan fingerprint density at radius 2 is 0.761 bits per heavy atom. The first-order valence-electron chi connectivity index (χ1n) is 42.4. The van der Waals surface area contributed by atoms with E-state index in [2.05, 4.69) is 188 Å². The number of anilines is 3. The number of alkyl halides is 4. The molecule has 23 nitrogen and oxygen atoms in total. The van der Waals surface area contributed by atoms with Crippen molar-refractivity contribution >= 4 is 236 Å². The molecule has 0 radical (unpaired) electrons. The van der Waals surface area contributed by atoms with E-state index in [0.717, 1.165) is 101 Å². The fourth-order valence-electron chi connectivity index (χ4n) is 12.6. The average molecular weight is 2490 g/mol. The SMILES string of the molecule is C.CC.CC(I)I.CCI.CCI.CNC(=O)n1cc(-c2cc(N)ncn2)cc1-c1cc(Cl)ccc1C.Cc1ccc(Cl)cc1-c1cc(-c2cc(N)ncn2)cn1C(=O)OC(C)(C)C.Cc1ccc(Cl)cc1-c1cc(B2OC(C)(C)C(C)(C)O2)cn1C(=O)OC(C)(C)C.Cc1ccc(Cl)cc1-c1cc(I)cn1C(=O)OC(C)(C)C.Cc1ccc(Cl)cc1C1=CC(c2cc(N)ncn2)=CC1. The highest BCUT2D eigenvalue weighted by Crippen LogP contribution is 2.41. The third-order valence-corrected chi connectivity index (χ3v) is 21.0. The first-order valence-corrected chi connectivity index (χ1v) is 50.9. The minimum atomic E-state index is -0.624. The van der Waals surface area contributed by atoms with E-state index in [1.165, 1.54) is 62.8 Å². The molecule has 0 atom stereocenters. The lowest BCUT2D eigenvalue weighted by Gasteiger charge is -2.32. The van der Waals surface area contributed by atoms with E-state index in [4.69, 9.17) is 98.7 Å². The second-order valence-corrected chi connectivity index (χ2v) is 46.5. The van der Waals surface area contributed by atoms with Gasteiger partial charge in [-0.2, -0.15) is 0 Å². The molecule has 1 aliphatic heterocycles. The van der Waals surface area contributed by atoms with Crippen molar-refractivity contribution < 1.29 is 42.7 Å². The summed E-state index contributed by atoms with van der Waals surface area (Å²) in [6.45, 7) is 44.9. The molecule has 1 aliphatic carbocycles. The summed E-state index contributed by atoms with van der Waals surface area (Å²) in [6.07, 6.45) is 15.0. The van der Waals surface area contributed by atoms with E-state index >= 15 is 0 Å². The van der Waals surface area contributed by atoms with Crippen LogP contribution in [0.4, 0.5) is 36.6 Å². The molecule has 7 N–H and O–H groups in total. The minimum absolute atomic E-state index is 0. The molecular weight excluding hydrogens is 2360 g/mol. The Morgan fingerprint density at radius 3 is 1.10 bits per heavy atom. The predicted molar refractivity (Wildman–Crippen MR) is 600 cm³/mol. The molecule has 7 aromatic heterocycles. The van der Waals surface area contributed by atoms with Crippen LogP contribution in [0.25, 0.3) is 78.7 Å². The molecule has 1 saturated heterocycles. The highest BCUT2D eigenvalue weighted by molar-refractivity contribution is 14.2. The Labute approximate surface area is 884 Å². The van der Waals surface area contributed by atoms with Gasteiger partial charge in [0.05, 0.1) is 53.0 Å². The van der Waals surface area contributed by atoms with E-state index in [9.17, 15) is 19.2 Å². The third-order valence-electron chi connectivity index (χ3n) is 19.3. The largest absolute Gasteiger partial charge is 0.496 e. The maximum Gasteiger partial charge on any atom is 0.496 e. The van der Waals surface area contributed by atoms with Crippen molar-refractivity contribution in [3.63, 3.8) is 0 Å². The Bertz CT molecular complexity index is 6050. The smallest absolute Gasteiger partial charge is 0.443 e. The average Bonchev–Trinajstić information content (AvgIpc) is 1.61. The number of aromatic nitrogens is 10. The van der Waals surface area contributed by atoms with Crippen molar-refractivity contribution in [3.05, 3.63) is 257 Å². The molecular formula is C100H121BCl5I5N14O9. The summed E-state index contributed by atoms with van der Waals surface area (Å²) in [7, 11) is 1.00. The van der Waals surface area contributed by atoms with Crippen LogP contribution >= 0.6 is 171 Å². The molecule has 0 unspecified atom stereocenters. The number of nitrogens with two attached hydrogens (primary N) is 3. The number of amides is 1. The number of carbonyl (C=O) groups is 4. The van der Waals surface area contributed by atoms with Crippen molar-refractivity contribution in [1.82, 2.24) is 53.5 Å². The summed E-state index contributed by atoms with van der Waals surface area (Å²) in [6, 6.07) is 40.8. The molecule has 5 aromatic carbocycles. The zero-order valence-corrected chi connectivity index (χ0v) is 93.9. The number of nitrogens with one attached hydrogen (secondary N) is 1. The lowest BCUT2D eigenvalue weighted by Crippen LogP contribution is -2.41. The molecule has 718 valence electrons. The molecule has 1 fully saturated rings. The van der Waals surface area contributed by atoms with Crippen LogP contribution in [0.1, 0.15) is 178 Å². The van der Waals surface area contributed by atoms with Crippen LogP contribution in [0.2, 0.25) is 25.1 Å². The molecule has 34 heteroatoms. The first kappa shape index (κ1) is 117. The number of benzene rings is 5. The predicted octanol–water partition coefficient (Wildman–Crippen LogP) is 29.6. The molecule has 0 spiro atoms. The zero-order valence-electron chi connectivity index (χ0n) is 79.3. The lowest BCUT2D eigenvalue weighted by atomic mass is 9.81. The normalized spacial score (nSPS) is 12.6. The number of rotatable bonds is 9. The summed E-state index contributed by atoms with van der Waals surface area (Å²) in [5.41, 5.74) is 34.0. The van der Waals surface area contributed by atoms with Crippen molar-refractivity contribution in [2.24, 2.45) is 0 Å². The van der Waals surface area contributed by atoms with Gasteiger partial charge in [0, 0.05) is 118 Å². The van der Waals surface area contributed by atoms with Crippen molar-refractivity contribution in [3.8, 4) is 67.5 Å². The molecule has 14 rings (SSSR count). The Balaban J connectivity index is 0.000000288. The molecule has 8 heterocycles. The van der Waals surface area contributed by atoms with Crippen molar-refractivity contribution in [2.75, 3.05) is 33.1 Å². The van der Waals surface area contributed by atoms with Crippen LogP contribution < -0.4 is 28.0 Å². The Kier molecular flexibility index (Phi) is 46.1. The van der Waals surface area contributed by atoms with Gasteiger partial charge in [-0.1, -0.05) is 220 Å². The van der Waals surface area contributed by atoms with Gasteiger partial charge >= 0.3 is 31.4 Å². The van der Waals surface area contributed by atoms with E-state index in [0.29, 0.717) is 60.3 Å². The highest BCUT2D eigenvalue weighted by atomic mass is 127. The summed E-state index contributed by atoms with van der Waals surface area (Å²) in [5.74, 6) is 1.20. The molecule has 12 aromatic rings. The maximum absolute atomic E-state index is 13.0. The van der Waals surface area contributed by atoms with Gasteiger partial charge in [-0.15, -0.1) is 0 Å². The first-order chi connectivity index (χ1) is 62.2. The number of halogens is 10. The van der Waals surface area contributed by atoms with E-state index < -0.39 is 47.3 Å². The van der Waals surface area contributed by atoms with Gasteiger partial charge in [-0.25, -0.2) is 49.1 Å². The van der Waals surface area contributed by atoms with Gasteiger partial charge in [0.25, 0.3) is 0 Å². The quantitative estimate of drug-likeness (QED) is 0.0452. The number of hydrogen-bond acceptors (Lipinski definition) is 18. The summed E-state index contributed by atoms with van der Waals surface area (Å²) >= 11 is 42.1. The summed E-state index contributed by atoms with van der Waals surface area (Å²) in [4.78, 5) is 74.9. The van der Waals surface area contributed by atoms with Crippen LogP contribution in [0.5, 0.6) is 0 Å². The van der Waals surface area contributed by atoms with Crippen LogP contribution in [0.3, 0.4) is 0 Å². The Hall–Kier alpha value is -7.70. The van der Waals surface area contributed by atoms with Gasteiger partial charge in [-0.05, 0) is 305 Å². The molecule has 2 aliphatic rings. The van der Waals surface area contributed by atoms with Gasteiger partial charge in [0.1, 0.15) is 53.2 Å².